The number of aromatic nitrogens is 3. The molecule has 0 N–H and O–H groups in total. The van der Waals surface area contributed by atoms with Crippen LogP contribution in [0.15, 0.2) is 45.3 Å². The molecule has 0 spiro atoms. The molecule has 0 fully saturated rings. The van der Waals surface area contributed by atoms with Crippen LogP contribution in [0.3, 0.4) is 0 Å². The molecule has 9 heteroatoms. The SMILES string of the molecule is Cn1c(SCC(=O)c2sccc2Br)nnc1C1COc2ccccc2O1. The molecule has 0 aliphatic carbocycles. The van der Waals surface area contributed by atoms with Crippen LogP contribution in [0, 0.1) is 0 Å². The summed E-state index contributed by atoms with van der Waals surface area (Å²) >= 11 is 6.18. The quantitative estimate of drug-likeness (QED) is 0.429. The van der Waals surface area contributed by atoms with Crippen molar-refractivity contribution in [3.05, 3.63) is 50.9 Å². The molecular formula is C17H14BrN3O3S2. The zero-order chi connectivity index (χ0) is 18.1. The molecule has 0 amide bonds. The van der Waals surface area contributed by atoms with Gasteiger partial charge in [0.05, 0.1) is 10.6 Å². The van der Waals surface area contributed by atoms with Crippen molar-refractivity contribution in [2.24, 2.45) is 7.05 Å². The first kappa shape index (κ1) is 17.6. The summed E-state index contributed by atoms with van der Waals surface area (Å²) in [6.45, 7) is 0.370. The molecule has 1 atom stereocenters. The lowest BCUT2D eigenvalue weighted by Gasteiger charge is -2.25. The lowest BCUT2D eigenvalue weighted by atomic mass is 10.2. The number of rotatable bonds is 5. The molecule has 4 rings (SSSR count). The maximum Gasteiger partial charge on any atom is 0.192 e. The van der Waals surface area contributed by atoms with Crippen LogP contribution in [0.1, 0.15) is 21.6 Å². The van der Waals surface area contributed by atoms with Crippen LogP contribution >= 0.6 is 39.0 Å². The average molecular weight is 452 g/mol. The van der Waals surface area contributed by atoms with E-state index in [-0.39, 0.29) is 11.9 Å². The zero-order valence-electron chi connectivity index (χ0n) is 13.7. The Labute approximate surface area is 166 Å². The molecule has 2 aromatic heterocycles. The minimum Gasteiger partial charge on any atom is -0.485 e. The van der Waals surface area contributed by atoms with Gasteiger partial charge in [-0.3, -0.25) is 4.79 Å². The highest BCUT2D eigenvalue weighted by atomic mass is 79.9. The summed E-state index contributed by atoms with van der Waals surface area (Å²) in [5, 5.41) is 11.0. The van der Waals surface area contributed by atoms with E-state index in [1.807, 2.05) is 47.3 Å². The van der Waals surface area contributed by atoms with Crippen LogP contribution in [0.2, 0.25) is 0 Å². The number of hydrogen-bond acceptors (Lipinski definition) is 7. The topological polar surface area (TPSA) is 66.2 Å². The lowest BCUT2D eigenvalue weighted by molar-refractivity contribution is 0.0825. The molecule has 3 aromatic rings. The van der Waals surface area contributed by atoms with E-state index in [0.717, 1.165) is 15.1 Å². The average Bonchev–Trinajstić information content (AvgIpc) is 3.25. The van der Waals surface area contributed by atoms with Gasteiger partial charge in [0.1, 0.15) is 6.61 Å². The Bertz CT molecular complexity index is 956. The summed E-state index contributed by atoms with van der Waals surface area (Å²) in [7, 11) is 1.87. The van der Waals surface area contributed by atoms with Gasteiger partial charge in [-0.1, -0.05) is 23.9 Å². The third kappa shape index (κ3) is 3.38. The number of nitrogens with zero attached hydrogens (tertiary/aromatic N) is 3. The largest absolute Gasteiger partial charge is 0.485 e. The summed E-state index contributed by atoms with van der Waals surface area (Å²) in [4.78, 5) is 13.0. The number of thiophene rings is 1. The van der Waals surface area contributed by atoms with Crippen molar-refractivity contribution in [3.8, 4) is 11.5 Å². The van der Waals surface area contributed by atoms with E-state index in [1.165, 1.54) is 23.1 Å². The fourth-order valence-corrected chi connectivity index (χ4v) is 4.98. The standard InChI is InChI=1S/C17H14BrN3O3S2/c1-21-16(14-8-23-12-4-2-3-5-13(12)24-14)19-20-17(21)26-9-11(22)15-10(18)6-7-25-15/h2-7,14H,8-9H2,1H3. The molecule has 0 radical (unpaired) electrons. The van der Waals surface area contributed by atoms with Gasteiger partial charge >= 0.3 is 0 Å². The number of hydrogen-bond donors (Lipinski definition) is 0. The number of halogens is 1. The van der Waals surface area contributed by atoms with E-state index in [4.69, 9.17) is 9.47 Å². The van der Waals surface area contributed by atoms with Crippen molar-refractivity contribution in [2.45, 2.75) is 11.3 Å². The number of thioether (sulfide) groups is 1. The minimum absolute atomic E-state index is 0.0626. The molecule has 1 unspecified atom stereocenters. The number of ketones is 1. The Balaban J connectivity index is 1.45. The van der Waals surface area contributed by atoms with Gasteiger partial charge in [0.25, 0.3) is 0 Å². The van der Waals surface area contributed by atoms with Crippen LogP contribution in [0.4, 0.5) is 0 Å². The van der Waals surface area contributed by atoms with Gasteiger partial charge < -0.3 is 14.0 Å². The third-order valence-electron chi connectivity index (χ3n) is 3.87. The predicted molar refractivity (Wildman–Crippen MR) is 103 cm³/mol. The van der Waals surface area contributed by atoms with Crippen LogP contribution in [0.5, 0.6) is 11.5 Å². The molecule has 6 nitrogen and oxygen atoms in total. The highest BCUT2D eigenvalue weighted by Gasteiger charge is 2.27. The van der Waals surface area contributed by atoms with Gasteiger partial charge in [-0.05, 0) is 39.5 Å². The van der Waals surface area contributed by atoms with Gasteiger partial charge in [0, 0.05) is 11.5 Å². The van der Waals surface area contributed by atoms with Crippen molar-refractivity contribution in [3.63, 3.8) is 0 Å². The number of carbonyl (C=O) groups is 1. The van der Waals surface area contributed by atoms with Gasteiger partial charge in [0.15, 0.2) is 34.4 Å². The van der Waals surface area contributed by atoms with Crippen molar-refractivity contribution >= 4 is 44.8 Å². The van der Waals surface area contributed by atoms with Gasteiger partial charge in [-0.15, -0.1) is 21.5 Å². The predicted octanol–water partition coefficient (Wildman–Crippen LogP) is 4.13. The van der Waals surface area contributed by atoms with Crippen LogP contribution in [-0.2, 0) is 7.05 Å². The molecule has 1 aromatic carbocycles. The molecule has 134 valence electrons. The van der Waals surface area contributed by atoms with Crippen LogP contribution in [0.25, 0.3) is 0 Å². The van der Waals surface area contributed by atoms with Crippen LogP contribution in [-0.4, -0.2) is 32.9 Å². The van der Waals surface area contributed by atoms with Crippen molar-refractivity contribution < 1.29 is 14.3 Å². The summed E-state index contributed by atoms with van der Waals surface area (Å²) in [5.74, 6) is 2.46. The molecule has 1 aliphatic heterocycles. The second kappa shape index (κ2) is 7.42. The van der Waals surface area contributed by atoms with E-state index < -0.39 is 0 Å². The fourth-order valence-electron chi connectivity index (χ4n) is 2.57. The Morgan fingerprint density at radius 3 is 2.92 bits per heavy atom. The lowest BCUT2D eigenvalue weighted by Crippen LogP contribution is -2.24. The first-order valence-electron chi connectivity index (χ1n) is 7.80. The zero-order valence-corrected chi connectivity index (χ0v) is 16.9. The fraction of sp³-hybridized carbons (Fsp3) is 0.235. The minimum atomic E-state index is -0.334. The third-order valence-corrected chi connectivity index (χ3v) is 6.77. The summed E-state index contributed by atoms with van der Waals surface area (Å²) < 4.78 is 14.4. The smallest absolute Gasteiger partial charge is 0.192 e. The van der Waals surface area contributed by atoms with Gasteiger partial charge in [-0.2, -0.15) is 0 Å². The molecule has 26 heavy (non-hydrogen) atoms. The Hall–Kier alpha value is -1.84. The number of benzene rings is 1. The molecule has 3 heterocycles. The van der Waals surface area contributed by atoms with Crippen molar-refractivity contribution in [1.82, 2.24) is 14.8 Å². The van der Waals surface area contributed by atoms with Gasteiger partial charge in [0.2, 0.25) is 0 Å². The Morgan fingerprint density at radius 1 is 1.35 bits per heavy atom. The van der Waals surface area contributed by atoms with E-state index >= 15 is 0 Å². The Morgan fingerprint density at radius 2 is 2.15 bits per heavy atom. The van der Waals surface area contributed by atoms with E-state index in [9.17, 15) is 4.79 Å². The second-order valence-electron chi connectivity index (χ2n) is 5.57. The van der Waals surface area contributed by atoms with Crippen molar-refractivity contribution in [1.29, 1.82) is 0 Å². The maximum absolute atomic E-state index is 12.3. The highest BCUT2D eigenvalue weighted by molar-refractivity contribution is 9.10. The van der Waals surface area contributed by atoms with Gasteiger partial charge in [-0.25, -0.2) is 0 Å². The van der Waals surface area contributed by atoms with Crippen LogP contribution < -0.4 is 9.47 Å². The second-order valence-corrected chi connectivity index (χ2v) is 8.29. The van der Waals surface area contributed by atoms with E-state index in [1.54, 1.807) is 0 Å². The number of carbonyl (C=O) groups excluding carboxylic acids is 1. The number of fused-ring (bicyclic) bond motifs is 1. The molecule has 0 saturated heterocycles. The maximum atomic E-state index is 12.3. The molecule has 0 bridgehead atoms. The first-order chi connectivity index (χ1) is 12.6. The van der Waals surface area contributed by atoms with E-state index in [0.29, 0.717) is 29.1 Å². The summed E-state index contributed by atoms with van der Waals surface area (Å²) in [5.41, 5.74) is 0. The highest BCUT2D eigenvalue weighted by Crippen LogP contribution is 2.36. The normalized spacial score (nSPS) is 15.8. The summed E-state index contributed by atoms with van der Waals surface area (Å²) in [6.07, 6.45) is -0.334. The molecule has 0 saturated carbocycles. The first-order valence-corrected chi connectivity index (χ1v) is 10.5. The van der Waals surface area contributed by atoms with E-state index in [2.05, 4.69) is 26.1 Å². The molecular weight excluding hydrogens is 438 g/mol. The number of ether oxygens (including phenoxy) is 2. The Kier molecular flexibility index (Phi) is 5.01. The summed E-state index contributed by atoms with van der Waals surface area (Å²) in [6, 6.07) is 9.42. The molecule has 1 aliphatic rings. The number of para-hydroxylation sites is 2. The number of Topliss-reactive ketones (excluding diaryl/α,β-unsaturated/α-hetero) is 1. The monoisotopic (exact) mass is 451 g/mol. The van der Waals surface area contributed by atoms with Crippen molar-refractivity contribution in [2.75, 3.05) is 12.4 Å².